The van der Waals surface area contributed by atoms with Gasteiger partial charge in [-0.15, -0.1) is 0 Å². The summed E-state index contributed by atoms with van der Waals surface area (Å²) < 4.78 is 42.0. The van der Waals surface area contributed by atoms with E-state index in [1.807, 2.05) is 0 Å². The fourth-order valence-electron chi connectivity index (χ4n) is 11.4. The predicted octanol–water partition coefficient (Wildman–Crippen LogP) is 3.56. The number of aliphatic hydroxyl groups is 3. The van der Waals surface area contributed by atoms with Crippen LogP contribution in [0.3, 0.4) is 0 Å². The quantitative estimate of drug-likeness (QED) is 0.0534. The van der Waals surface area contributed by atoms with Gasteiger partial charge in [-0.2, -0.15) is 8.42 Å². The second kappa shape index (κ2) is 25.3. The van der Waals surface area contributed by atoms with Gasteiger partial charge in [-0.25, -0.2) is 0 Å². The number of aliphatic carboxylic acids is 1. The minimum Gasteiger partial charge on any atom is -0.550 e. The number of carboxylic acids is 1. The van der Waals surface area contributed by atoms with Gasteiger partial charge in [-0.1, -0.05) is 98.8 Å². The topological polar surface area (TPSA) is 208 Å². The van der Waals surface area contributed by atoms with E-state index in [0.717, 1.165) is 103 Å². The molecule has 332 valence electrons. The Bertz CT molecular complexity index is 1360. The van der Waals surface area contributed by atoms with E-state index in [2.05, 4.69) is 34.6 Å². The number of carbonyl (C=O) groups is 3. The number of aliphatic hydroxyl groups excluding tert-OH is 3. The van der Waals surface area contributed by atoms with Crippen LogP contribution in [0.15, 0.2) is 0 Å². The summed E-state index contributed by atoms with van der Waals surface area (Å²) in [7, 11) is -4.73. The fourth-order valence-corrected chi connectivity index (χ4v) is 12.1. The zero-order valence-corrected chi connectivity index (χ0v) is 39.5. The fraction of sp³-hybridized carbons (Fsp3) is 0.932. The molecule has 4 N–H and O–H groups in total. The summed E-state index contributed by atoms with van der Waals surface area (Å²) in [4.78, 5) is 34.7. The number of hydrogen-bond donors (Lipinski definition) is 4. The van der Waals surface area contributed by atoms with Crippen molar-refractivity contribution in [3.63, 3.8) is 0 Å². The second-order valence-electron chi connectivity index (χ2n) is 18.5. The maximum Gasteiger partial charge on any atom is 1.00 e. The summed E-state index contributed by atoms with van der Waals surface area (Å²) in [6.45, 7) is 11.2. The molecule has 0 saturated heterocycles. The van der Waals surface area contributed by atoms with Gasteiger partial charge in [0.1, 0.15) is 0 Å². The minimum absolute atomic E-state index is 0. The van der Waals surface area contributed by atoms with Gasteiger partial charge < -0.3 is 34.7 Å². The zero-order valence-electron chi connectivity index (χ0n) is 36.7. The van der Waals surface area contributed by atoms with E-state index in [-0.39, 0.29) is 95.9 Å². The predicted molar refractivity (Wildman–Crippen MR) is 216 cm³/mol. The van der Waals surface area contributed by atoms with E-state index in [0.29, 0.717) is 31.1 Å². The van der Waals surface area contributed by atoms with Crippen LogP contribution in [0.2, 0.25) is 0 Å². The van der Waals surface area contributed by atoms with Crippen molar-refractivity contribution in [3.05, 3.63) is 0 Å². The molecule has 4 fully saturated rings. The minimum atomic E-state index is -4.73. The molecule has 0 bridgehead atoms. The number of carbonyl (C=O) groups excluding carboxylic acids is 3. The van der Waals surface area contributed by atoms with Crippen LogP contribution in [-0.2, 0) is 34.0 Å². The zero-order chi connectivity index (χ0) is 42.4. The molecule has 12 atom stereocenters. The molecule has 0 aromatic rings. The summed E-state index contributed by atoms with van der Waals surface area (Å²) in [5.41, 5.74) is -0.172. The van der Waals surface area contributed by atoms with Crippen LogP contribution in [0.4, 0.5) is 0 Å². The molecular formula is C44H77NaO12S. The van der Waals surface area contributed by atoms with Gasteiger partial charge in [0.15, 0.2) is 5.25 Å². The van der Waals surface area contributed by atoms with Crippen molar-refractivity contribution in [2.24, 2.45) is 46.3 Å². The largest absolute Gasteiger partial charge is 1.00 e. The van der Waals surface area contributed by atoms with E-state index < -0.39 is 45.8 Å². The molecule has 14 heteroatoms. The number of hydrogen-bond acceptors (Lipinski definition) is 11. The molecule has 4 rings (SSSR count). The van der Waals surface area contributed by atoms with E-state index in [1.54, 1.807) is 0 Å². The molecule has 12 nitrogen and oxygen atoms in total. The molecule has 4 saturated carbocycles. The first-order valence-electron chi connectivity index (χ1n) is 22.4. The van der Waals surface area contributed by atoms with Crippen molar-refractivity contribution in [1.82, 2.24) is 0 Å². The Morgan fingerprint density at radius 2 is 1.36 bits per heavy atom. The molecular weight excluding hydrogens is 776 g/mol. The van der Waals surface area contributed by atoms with Crippen LogP contribution < -0.4 is 34.7 Å². The molecule has 4 aliphatic carbocycles. The SMILES string of the molecule is CCCCCCCCOC(=O)CC(C(=O)OCCCCCCCC)S(=O)(=O)O.C[C@H](CCC(=O)[O-])[C@H]1CC[C@H]2[C@@H]3[C@H](O)C[C@@H]4C[C@H](O)CC[C@]4(C)[C@H]3C[C@H](O)[C@]12C.[Na+]. The van der Waals surface area contributed by atoms with E-state index >= 15 is 0 Å². The van der Waals surface area contributed by atoms with E-state index in [1.165, 1.54) is 6.42 Å². The molecule has 0 aliphatic heterocycles. The molecule has 0 aromatic carbocycles. The van der Waals surface area contributed by atoms with Crippen LogP contribution in [0.25, 0.3) is 0 Å². The third-order valence-electron chi connectivity index (χ3n) is 14.8. The Morgan fingerprint density at radius 1 is 0.793 bits per heavy atom. The Hall–Kier alpha value is -0.800. The van der Waals surface area contributed by atoms with Crippen molar-refractivity contribution in [3.8, 4) is 0 Å². The van der Waals surface area contributed by atoms with E-state index in [4.69, 9.17) is 9.47 Å². The molecule has 1 unspecified atom stereocenters. The molecule has 58 heavy (non-hydrogen) atoms. The van der Waals surface area contributed by atoms with Crippen LogP contribution in [0.1, 0.15) is 176 Å². The summed E-state index contributed by atoms with van der Waals surface area (Å²) in [5.74, 6) is -1.30. The van der Waals surface area contributed by atoms with Crippen molar-refractivity contribution in [2.75, 3.05) is 13.2 Å². The summed E-state index contributed by atoms with van der Waals surface area (Å²) in [6.07, 6.45) is 17.1. The monoisotopic (exact) mass is 853 g/mol. The van der Waals surface area contributed by atoms with Crippen molar-refractivity contribution in [1.29, 1.82) is 0 Å². The number of ether oxygens (including phenoxy) is 2. The van der Waals surface area contributed by atoms with Crippen molar-refractivity contribution in [2.45, 2.75) is 199 Å². The maximum absolute atomic E-state index is 12.0. The smallest absolute Gasteiger partial charge is 0.550 e. The summed E-state index contributed by atoms with van der Waals surface area (Å²) in [6, 6.07) is 0. The van der Waals surface area contributed by atoms with Crippen LogP contribution in [0.5, 0.6) is 0 Å². The molecule has 0 spiro atoms. The third-order valence-corrected chi connectivity index (χ3v) is 15.9. The molecule has 0 heterocycles. The van der Waals surface area contributed by atoms with Gasteiger partial charge in [-0.3, -0.25) is 14.1 Å². The Labute approximate surface area is 371 Å². The number of esters is 2. The maximum atomic E-state index is 12.0. The summed E-state index contributed by atoms with van der Waals surface area (Å²) >= 11 is 0. The average Bonchev–Trinajstić information content (AvgIpc) is 3.51. The molecule has 0 radical (unpaired) electrons. The molecule has 0 aromatic heterocycles. The molecule has 0 amide bonds. The van der Waals surface area contributed by atoms with Gasteiger partial charge in [0.05, 0.1) is 37.9 Å². The normalized spacial score (nSPS) is 32.5. The summed E-state index contributed by atoms with van der Waals surface area (Å²) in [5, 5.41) is 41.9. The average molecular weight is 853 g/mol. The second-order valence-corrected chi connectivity index (χ2v) is 20.1. The number of carboxylic acid groups (broad SMARTS) is 1. The van der Waals surface area contributed by atoms with Gasteiger partial charge in [0.25, 0.3) is 10.1 Å². The van der Waals surface area contributed by atoms with Gasteiger partial charge in [0, 0.05) is 5.97 Å². The van der Waals surface area contributed by atoms with Crippen LogP contribution in [-0.4, -0.2) is 83.0 Å². The first kappa shape index (κ1) is 53.3. The third kappa shape index (κ3) is 14.7. The van der Waals surface area contributed by atoms with Crippen molar-refractivity contribution < 1.29 is 86.8 Å². The number of fused-ring (bicyclic) bond motifs is 5. The Balaban J connectivity index is 0.000000394. The van der Waals surface area contributed by atoms with Gasteiger partial charge in [0.2, 0.25) is 0 Å². The Kier molecular flexibility index (Phi) is 23.3. The van der Waals surface area contributed by atoms with Gasteiger partial charge >= 0.3 is 41.5 Å². The number of rotatable bonds is 22. The van der Waals surface area contributed by atoms with Gasteiger partial charge in [-0.05, 0) is 117 Å². The molecule has 4 aliphatic rings. The van der Waals surface area contributed by atoms with E-state index in [9.17, 15) is 47.8 Å². The first-order valence-corrected chi connectivity index (χ1v) is 23.9. The Morgan fingerprint density at radius 3 is 1.93 bits per heavy atom. The first-order chi connectivity index (χ1) is 26.9. The standard InChI is InChI=1S/C24H40O5.C20H38O7S.Na/c1-13(4-7-21(28)29)16-5-6-17-22-18(12-20(27)24(16,17)3)23(2)9-8-15(25)10-14(23)11-19(22)26;1-3-5-7-9-11-13-15-26-19(21)17-18(28(23,24)25)20(22)27-16-14-12-10-8-6-4-2;/h13-20,22,25-27H,4-12H2,1-3H3,(H,28,29);18H,3-17H2,1-2H3,(H,23,24,25);/q;;+1/p-1/t13-,14+,15-,16-,17+,18+,19-,20+,22+,23+,24-;;/m1../s1. The van der Waals surface area contributed by atoms with Crippen LogP contribution in [0, 0.1) is 46.3 Å². The van der Waals surface area contributed by atoms with Crippen molar-refractivity contribution >= 4 is 28.0 Å². The number of unbranched alkanes of at least 4 members (excludes halogenated alkanes) is 10. The van der Waals surface area contributed by atoms with Crippen LogP contribution >= 0.6 is 0 Å².